The van der Waals surface area contributed by atoms with Crippen LogP contribution in [0.5, 0.6) is 0 Å². The Morgan fingerprint density at radius 1 is 0.689 bits per heavy atom. The highest BCUT2D eigenvalue weighted by atomic mass is 16.4. The van der Waals surface area contributed by atoms with Crippen LogP contribution in [0, 0.1) is 24.2 Å². The van der Waals surface area contributed by atoms with Crippen LogP contribution < -0.4 is 27.0 Å². The molecule has 9 N–H and O–H groups in total. The van der Waals surface area contributed by atoms with E-state index >= 15 is 4.79 Å². The molecule has 340 valence electrons. The number of hydrogen-bond acceptors (Lipinski definition) is 11. The lowest BCUT2D eigenvalue weighted by Gasteiger charge is -2.40. The third-order valence-corrected chi connectivity index (χ3v) is 9.58. The first-order valence-corrected chi connectivity index (χ1v) is 20.3. The fourth-order valence-corrected chi connectivity index (χ4v) is 6.35. The zero-order valence-electron chi connectivity index (χ0n) is 36.3. The first kappa shape index (κ1) is 53.3. The number of imide groups is 1. The van der Waals surface area contributed by atoms with Gasteiger partial charge in [-0.3, -0.25) is 48.1 Å². The molecule has 0 heterocycles. The minimum absolute atomic E-state index is 0.0800. The molecule has 1 aromatic carbocycles. The van der Waals surface area contributed by atoms with Crippen molar-refractivity contribution in [2.45, 2.75) is 149 Å². The molecule has 1 rings (SSSR count). The van der Waals surface area contributed by atoms with Crippen LogP contribution in [0.1, 0.15) is 111 Å². The molecule has 19 nitrogen and oxygen atoms in total. The third kappa shape index (κ3) is 19.0. The van der Waals surface area contributed by atoms with Gasteiger partial charge in [-0.1, -0.05) is 72.7 Å². The van der Waals surface area contributed by atoms with Crippen molar-refractivity contribution in [3.63, 3.8) is 0 Å². The summed E-state index contributed by atoms with van der Waals surface area (Å²) in [5.41, 5.74) is 5.51. The minimum atomic E-state index is -1.74. The SMILES string of the molecule is Cc1ccccc1C[C@H](NC(=O)[C@H](CCC(=O)O)NC(=O)[C@@H](N)CC(=O)O)C(=O)N(C(=O)CCC(=O)O)[C@H](C(=O)N[C@@H](CC(C)C)C(=O)NC(C=O)CCC(C)C)C(C)(C)C. The molecule has 0 spiro atoms. The number of carboxylic acids is 3. The summed E-state index contributed by atoms with van der Waals surface area (Å²) in [5.74, 6) is -10.3. The van der Waals surface area contributed by atoms with Gasteiger partial charge in [-0.05, 0) is 61.0 Å². The average Bonchev–Trinajstić information content (AvgIpc) is 3.14. The van der Waals surface area contributed by atoms with Gasteiger partial charge in [0.25, 0.3) is 5.91 Å². The van der Waals surface area contributed by atoms with Crippen molar-refractivity contribution in [3.05, 3.63) is 35.4 Å². The van der Waals surface area contributed by atoms with E-state index in [1.54, 1.807) is 45.0 Å². The molecule has 0 saturated carbocycles. The largest absolute Gasteiger partial charge is 0.481 e. The Bertz CT molecular complexity index is 1740. The summed E-state index contributed by atoms with van der Waals surface area (Å²) in [6, 6.07) is -2.21. The number of amides is 6. The van der Waals surface area contributed by atoms with Crippen molar-refractivity contribution in [2.24, 2.45) is 23.0 Å². The van der Waals surface area contributed by atoms with E-state index < -0.39 is 127 Å². The zero-order valence-corrected chi connectivity index (χ0v) is 36.3. The molecule has 1 aromatic rings. The first-order chi connectivity index (χ1) is 28.3. The molecule has 19 heteroatoms. The Morgan fingerprint density at radius 3 is 1.75 bits per heavy atom. The Labute approximate surface area is 356 Å². The number of aldehydes is 1. The van der Waals surface area contributed by atoms with Gasteiger partial charge in [0.05, 0.1) is 24.9 Å². The monoisotopic (exact) mass is 860 g/mol. The number of carbonyl (C=O) groups is 10. The van der Waals surface area contributed by atoms with Gasteiger partial charge in [0.1, 0.15) is 30.5 Å². The highest BCUT2D eigenvalue weighted by molar-refractivity contribution is 6.05. The fraction of sp³-hybridized carbons (Fsp3) is 0.619. The summed E-state index contributed by atoms with van der Waals surface area (Å²) in [6.45, 7) is 13.8. The molecule has 1 unspecified atom stereocenters. The number of carboxylic acid groups (broad SMARTS) is 3. The summed E-state index contributed by atoms with van der Waals surface area (Å²) < 4.78 is 0. The van der Waals surface area contributed by atoms with Crippen LogP contribution in [0.25, 0.3) is 0 Å². The second kappa shape index (κ2) is 25.1. The lowest BCUT2D eigenvalue weighted by atomic mass is 9.83. The maximum Gasteiger partial charge on any atom is 0.305 e. The Hall–Kier alpha value is -5.72. The van der Waals surface area contributed by atoms with Crippen LogP contribution >= 0.6 is 0 Å². The summed E-state index contributed by atoms with van der Waals surface area (Å²) >= 11 is 0. The molecular formula is C42H64N6O13. The molecule has 6 atom stereocenters. The van der Waals surface area contributed by atoms with E-state index in [0.29, 0.717) is 35.2 Å². The molecule has 0 aliphatic carbocycles. The number of nitrogens with one attached hydrogen (secondary N) is 4. The van der Waals surface area contributed by atoms with E-state index in [1.165, 1.54) is 20.8 Å². The van der Waals surface area contributed by atoms with E-state index in [0.717, 1.165) is 0 Å². The molecule has 0 aliphatic rings. The maximum absolute atomic E-state index is 15.0. The molecule has 0 aliphatic heterocycles. The van der Waals surface area contributed by atoms with Gasteiger partial charge in [-0.15, -0.1) is 0 Å². The number of hydrogen-bond donors (Lipinski definition) is 8. The van der Waals surface area contributed by atoms with E-state index in [9.17, 15) is 53.4 Å². The van der Waals surface area contributed by atoms with Gasteiger partial charge in [-0.2, -0.15) is 0 Å². The topological polar surface area (TPSA) is 309 Å². The fourth-order valence-electron chi connectivity index (χ4n) is 6.35. The van der Waals surface area contributed by atoms with Gasteiger partial charge in [-0.25, -0.2) is 0 Å². The number of benzene rings is 1. The molecule has 6 amide bonds. The van der Waals surface area contributed by atoms with Gasteiger partial charge in [0, 0.05) is 19.3 Å². The van der Waals surface area contributed by atoms with Crippen molar-refractivity contribution >= 4 is 59.6 Å². The quantitative estimate of drug-likeness (QED) is 0.0612. The van der Waals surface area contributed by atoms with E-state index in [2.05, 4.69) is 21.3 Å². The summed E-state index contributed by atoms with van der Waals surface area (Å²) in [6.07, 6.45) is -2.23. The molecular weight excluding hydrogens is 796 g/mol. The molecule has 0 bridgehead atoms. The Kier molecular flexibility index (Phi) is 22.0. The van der Waals surface area contributed by atoms with Crippen molar-refractivity contribution in [1.82, 2.24) is 26.2 Å². The Morgan fingerprint density at radius 2 is 1.25 bits per heavy atom. The number of aryl methyl sites for hydroxylation is 1. The summed E-state index contributed by atoms with van der Waals surface area (Å²) in [5, 5.41) is 38.1. The lowest BCUT2D eigenvalue weighted by Crippen LogP contribution is -2.64. The van der Waals surface area contributed by atoms with Crippen molar-refractivity contribution in [2.75, 3.05) is 0 Å². The number of rotatable bonds is 26. The van der Waals surface area contributed by atoms with Crippen LogP contribution in [0.4, 0.5) is 0 Å². The van der Waals surface area contributed by atoms with Crippen LogP contribution in [0.2, 0.25) is 0 Å². The molecule has 0 fully saturated rings. The molecule has 61 heavy (non-hydrogen) atoms. The van der Waals surface area contributed by atoms with E-state index in [1.807, 2.05) is 13.8 Å². The van der Waals surface area contributed by atoms with E-state index in [-0.39, 0.29) is 24.7 Å². The van der Waals surface area contributed by atoms with Crippen molar-refractivity contribution in [3.8, 4) is 0 Å². The number of carbonyl (C=O) groups excluding carboxylic acids is 7. The van der Waals surface area contributed by atoms with Crippen LogP contribution in [-0.2, 0) is 54.4 Å². The Balaban J connectivity index is 3.93. The number of aliphatic carboxylic acids is 3. The highest BCUT2D eigenvalue weighted by Gasteiger charge is 2.46. The van der Waals surface area contributed by atoms with Gasteiger partial charge in [0.15, 0.2) is 0 Å². The molecule has 0 radical (unpaired) electrons. The van der Waals surface area contributed by atoms with Crippen LogP contribution in [-0.4, -0.2) is 116 Å². The van der Waals surface area contributed by atoms with Crippen molar-refractivity contribution in [1.29, 1.82) is 0 Å². The second-order valence-electron chi connectivity index (χ2n) is 17.1. The maximum atomic E-state index is 15.0. The number of nitrogens with two attached hydrogens (primary N) is 1. The van der Waals surface area contributed by atoms with Crippen LogP contribution in [0.3, 0.4) is 0 Å². The normalized spacial score (nSPS) is 14.3. The molecule has 0 saturated heterocycles. The van der Waals surface area contributed by atoms with Crippen molar-refractivity contribution < 1.29 is 63.3 Å². The predicted molar refractivity (Wildman–Crippen MR) is 221 cm³/mol. The summed E-state index contributed by atoms with van der Waals surface area (Å²) in [4.78, 5) is 131. The van der Waals surface area contributed by atoms with Gasteiger partial charge >= 0.3 is 17.9 Å². The lowest BCUT2D eigenvalue weighted by molar-refractivity contribution is -0.159. The third-order valence-electron chi connectivity index (χ3n) is 9.58. The molecule has 0 aromatic heterocycles. The van der Waals surface area contributed by atoms with Gasteiger partial charge < -0.3 is 47.1 Å². The smallest absolute Gasteiger partial charge is 0.305 e. The second-order valence-corrected chi connectivity index (χ2v) is 17.1. The highest BCUT2D eigenvalue weighted by Crippen LogP contribution is 2.28. The van der Waals surface area contributed by atoms with Gasteiger partial charge in [0.2, 0.25) is 29.5 Å². The average molecular weight is 861 g/mol. The van der Waals surface area contributed by atoms with E-state index in [4.69, 9.17) is 10.8 Å². The minimum Gasteiger partial charge on any atom is -0.481 e. The summed E-state index contributed by atoms with van der Waals surface area (Å²) in [7, 11) is 0. The first-order valence-electron chi connectivity index (χ1n) is 20.3. The zero-order chi connectivity index (χ0) is 46.8. The van der Waals surface area contributed by atoms with Crippen LogP contribution in [0.15, 0.2) is 24.3 Å². The standard InChI is InChI=1S/C42H64N6O13/c1-23(2)13-14-27(22-49)44-39(59)30(19-24(3)4)46-40(60)36(42(6,7)8)48(32(50)16-18-34(53)54)41(61)31(20-26-12-10-9-11-25(26)5)47-38(58)29(15-17-33(51)52)45-37(57)28(43)21-35(55)56/h9-12,22-24,27-31,36H,13-21,43H2,1-8H3,(H,44,59)(H,45,57)(H,46,60)(H,47,58)(H,51,52)(H,53,54)(H,55,56)/t27?,28-,29-,30-,31-,36+/m0/s1. The predicted octanol–water partition coefficient (Wildman–Crippen LogP) is 1.46. The number of nitrogens with zero attached hydrogens (tertiary/aromatic N) is 1.